The minimum atomic E-state index is -0.322. The number of anilines is 1. The van der Waals surface area contributed by atoms with E-state index in [0.717, 1.165) is 48.8 Å². The molecule has 2 aliphatic carbocycles. The molecule has 1 aliphatic heterocycles. The molecular formula is C27H30ClNO3. The summed E-state index contributed by atoms with van der Waals surface area (Å²) in [6.07, 6.45) is 7.76. The minimum Gasteiger partial charge on any atom is -0.490 e. The van der Waals surface area contributed by atoms with Gasteiger partial charge in [-0.2, -0.15) is 0 Å². The van der Waals surface area contributed by atoms with Crippen molar-refractivity contribution in [1.29, 1.82) is 0 Å². The quantitative estimate of drug-likeness (QED) is 0.434. The third-order valence-corrected chi connectivity index (χ3v) is 7.93. The van der Waals surface area contributed by atoms with Gasteiger partial charge in [0.1, 0.15) is 5.75 Å². The number of hydrogen-bond donors (Lipinski definition) is 0. The first kappa shape index (κ1) is 21.4. The Balaban J connectivity index is 1.56. The summed E-state index contributed by atoms with van der Waals surface area (Å²) in [7, 11) is 1.42. The fourth-order valence-corrected chi connectivity index (χ4v) is 5.97. The van der Waals surface area contributed by atoms with Gasteiger partial charge < -0.3 is 14.4 Å². The van der Waals surface area contributed by atoms with Gasteiger partial charge in [-0.1, -0.05) is 23.7 Å². The zero-order valence-electron chi connectivity index (χ0n) is 18.6. The molecule has 0 aromatic heterocycles. The Labute approximate surface area is 195 Å². The van der Waals surface area contributed by atoms with Crippen LogP contribution in [-0.2, 0) is 16.6 Å². The van der Waals surface area contributed by atoms with Gasteiger partial charge in [0, 0.05) is 23.5 Å². The van der Waals surface area contributed by atoms with Gasteiger partial charge in [0.05, 0.1) is 25.0 Å². The predicted octanol–water partition coefficient (Wildman–Crippen LogP) is 5.81. The lowest BCUT2D eigenvalue weighted by Gasteiger charge is -2.44. The molecule has 3 aliphatic rings. The van der Waals surface area contributed by atoms with Crippen LogP contribution in [0.1, 0.15) is 47.2 Å². The maximum absolute atomic E-state index is 12.3. The van der Waals surface area contributed by atoms with Gasteiger partial charge in [-0.25, -0.2) is 4.79 Å². The Bertz CT molecular complexity index is 1050. The second kappa shape index (κ2) is 8.47. The van der Waals surface area contributed by atoms with Crippen LogP contribution in [0, 0.1) is 11.8 Å². The summed E-state index contributed by atoms with van der Waals surface area (Å²) < 4.78 is 11.5. The number of carbonyl (C=O) groups excluding carboxylic acids is 1. The molecule has 0 bridgehead atoms. The Morgan fingerprint density at radius 2 is 2.19 bits per heavy atom. The summed E-state index contributed by atoms with van der Waals surface area (Å²) in [4.78, 5) is 14.7. The third kappa shape index (κ3) is 3.69. The summed E-state index contributed by atoms with van der Waals surface area (Å²) in [5.74, 6) is 1.65. The molecule has 0 radical (unpaired) electrons. The average molecular weight is 452 g/mol. The Morgan fingerprint density at radius 1 is 1.31 bits per heavy atom. The molecular weight excluding hydrogens is 422 g/mol. The molecule has 0 saturated heterocycles. The number of esters is 1. The molecule has 0 N–H and O–H groups in total. The number of aryl methyl sites for hydroxylation is 1. The topological polar surface area (TPSA) is 38.8 Å². The zero-order chi connectivity index (χ0) is 22.3. The minimum absolute atomic E-state index is 0.101. The van der Waals surface area contributed by atoms with Crippen LogP contribution < -0.4 is 9.64 Å². The number of nitrogens with zero attached hydrogens (tertiary/aromatic N) is 1. The molecule has 3 atom stereocenters. The lowest BCUT2D eigenvalue weighted by atomic mass is 9.69. The van der Waals surface area contributed by atoms with Crippen molar-refractivity contribution in [2.75, 3.05) is 31.7 Å². The molecule has 4 nitrogen and oxygen atoms in total. The van der Waals surface area contributed by atoms with E-state index < -0.39 is 0 Å². The lowest BCUT2D eigenvalue weighted by Crippen LogP contribution is -2.48. The maximum atomic E-state index is 12.3. The number of rotatable bonds is 4. The number of fused-ring (bicyclic) bond motifs is 3. The maximum Gasteiger partial charge on any atom is 0.337 e. The van der Waals surface area contributed by atoms with Crippen LogP contribution in [0.3, 0.4) is 0 Å². The van der Waals surface area contributed by atoms with Crippen LogP contribution in [0.25, 0.3) is 0 Å². The number of methoxy groups -OCH3 is 1. The van der Waals surface area contributed by atoms with Gasteiger partial charge in [0.25, 0.3) is 0 Å². The largest absolute Gasteiger partial charge is 0.490 e. The highest BCUT2D eigenvalue weighted by molar-refractivity contribution is 6.30. The molecule has 5 rings (SSSR count). The first-order chi connectivity index (χ1) is 15.5. The van der Waals surface area contributed by atoms with Crippen LogP contribution in [0.15, 0.2) is 49.1 Å². The summed E-state index contributed by atoms with van der Waals surface area (Å²) >= 11 is 6.33. The van der Waals surface area contributed by atoms with Crippen molar-refractivity contribution >= 4 is 23.3 Å². The first-order valence-electron chi connectivity index (χ1n) is 11.5. The molecule has 0 amide bonds. The Morgan fingerprint density at radius 3 is 2.94 bits per heavy atom. The number of halogens is 1. The van der Waals surface area contributed by atoms with Crippen LogP contribution in [-0.4, -0.2) is 32.8 Å². The summed E-state index contributed by atoms with van der Waals surface area (Å²) in [6.45, 7) is 6.46. The van der Waals surface area contributed by atoms with E-state index in [2.05, 4.69) is 29.7 Å². The van der Waals surface area contributed by atoms with Crippen LogP contribution >= 0.6 is 11.6 Å². The second-order valence-electron chi connectivity index (χ2n) is 9.52. The molecule has 32 heavy (non-hydrogen) atoms. The van der Waals surface area contributed by atoms with Crippen LogP contribution in [0.2, 0.25) is 5.02 Å². The Kier molecular flexibility index (Phi) is 5.66. The van der Waals surface area contributed by atoms with Crippen molar-refractivity contribution in [3.63, 3.8) is 0 Å². The molecule has 1 spiro atoms. The van der Waals surface area contributed by atoms with Gasteiger partial charge in [-0.15, -0.1) is 6.58 Å². The van der Waals surface area contributed by atoms with E-state index in [0.29, 0.717) is 24.0 Å². The fraction of sp³-hybridized carbons (Fsp3) is 0.444. The molecule has 2 aromatic carbocycles. The monoisotopic (exact) mass is 451 g/mol. The van der Waals surface area contributed by atoms with Crippen molar-refractivity contribution in [1.82, 2.24) is 0 Å². The highest BCUT2D eigenvalue weighted by atomic mass is 35.5. The summed E-state index contributed by atoms with van der Waals surface area (Å²) in [6, 6.07) is 12.0. The van der Waals surface area contributed by atoms with Gasteiger partial charge in [-0.3, -0.25) is 0 Å². The number of benzene rings is 2. The molecule has 1 heterocycles. The number of hydrogen-bond acceptors (Lipinski definition) is 4. The van der Waals surface area contributed by atoms with E-state index in [9.17, 15) is 4.79 Å². The van der Waals surface area contributed by atoms with E-state index >= 15 is 0 Å². The van der Waals surface area contributed by atoms with Crippen molar-refractivity contribution in [2.45, 2.75) is 37.5 Å². The molecule has 1 unspecified atom stereocenters. The standard InChI is InChI=1S/C27H30ClNO3/c1-3-18-6-7-21(18)15-29-16-27(12-4-5-19-13-22(28)9-10-23(19)27)17-32-25-11-8-20(14-24(25)29)26(30)31-2/h3,8-11,13-14,18,21H,1,4-7,12,15-17H2,2H3/t18-,21+,27?/m1/s1. The van der Waals surface area contributed by atoms with Crippen molar-refractivity contribution in [3.8, 4) is 5.75 Å². The van der Waals surface area contributed by atoms with Crippen molar-refractivity contribution in [3.05, 3.63) is 70.8 Å². The van der Waals surface area contributed by atoms with Crippen LogP contribution in [0.5, 0.6) is 5.75 Å². The highest BCUT2D eigenvalue weighted by Gasteiger charge is 2.43. The number of allylic oxidation sites excluding steroid dienone is 1. The second-order valence-corrected chi connectivity index (χ2v) is 9.95. The average Bonchev–Trinajstić information content (AvgIpc) is 2.93. The lowest BCUT2D eigenvalue weighted by molar-refractivity contribution is 0.0600. The predicted molar refractivity (Wildman–Crippen MR) is 128 cm³/mol. The number of carbonyl (C=O) groups is 1. The highest BCUT2D eigenvalue weighted by Crippen LogP contribution is 2.46. The van der Waals surface area contributed by atoms with E-state index in [-0.39, 0.29) is 11.4 Å². The summed E-state index contributed by atoms with van der Waals surface area (Å²) in [5, 5.41) is 0.793. The first-order valence-corrected chi connectivity index (χ1v) is 11.9. The van der Waals surface area contributed by atoms with E-state index in [4.69, 9.17) is 21.1 Å². The molecule has 2 aromatic rings. The normalized spacial score (nSPS) is 26.2. The van der Waals surface area contributed by atoms with E-state index in [1.807, 2.05) is 18.2 Å². The van der Waals surface area contributed by atoms with Crippen molar-refractivity contribution < 1.29 is 14.3 Å². The fourth-order valence-electron chi connectivity index (χ4n) is 5.77. The van der Waals surface area contributed by atoms with Gasteiger partial charge in [-0.05, 0) is 85.4 Å². The van der Waals surface area contributed by atoms with E-state index in [1.54, 1.807) is 6.07 Å². The van der Waals surface area contributed by atoms with Crippen molar-refractivity contribution in [2.24, 2.45) is 11.8 Å². The number of ether oxygens (including phenoxy) is 2. The molecule has 1 fully saturated rings. The molecule has 168 valence electrons. The molecule has 1 saturated carbocycles. The third-order valence-electron chi connectivity index (χ3n) is 7.69. The van der Waals surface area contributed by atoms with E-state index in [1.165, 1.54) is 31.1 Å². The zero-order valence-corrected chi connectivity index (χ0v) is 19.4. The summed E-state index contributed by atoms with van der Waals surface area (Å²) in [5.41, 5.74) is 4.13. The van der Waals surface area contributed by atoms with Gasteiger partial charge >= 0.3 is 5.97 Å². The SMILES string of the molecule is C=C[C@@H]1CC[C@H]1CN1CC2(CCCc3cc(Cl)ccc32)COc2ccc(C(=O)OC)cc21. The Hall–Kier alpha value is -2.46. The van der Waals surface area contributed by atoms with Gasteiger partial charge in [0.2, 0.25) is 0 Å². The smallest absolute Gasteiger partial charge is 0.337 e. The van der Waals surface area contributed by atoms with Gasteiger partial charge in [0.15, 0.2) is 0 Å². The molecule has 5 heteroatoms. The van der Waals surface area contributed by atoms with Crippen LogP contribution in [0.4, 0.5) is 5.69 Å².